The Balaban J connectivity index is 1.84. The third kappa shape index (κ3) is 3.99. The molecule has 0 radical (unpaired) electrons. The lowest BCUT2D eigenvalue weighted by Gasteiger charge is -2.40. The molecule has 1 aliphatic heterocycles. The summed E-state index contributed by atoms with van der Waals surface area (Å²) < 4.78 is 5.50. The van der Waals surface area contributed by atoms with E-state index >= 15 is 0 Å². The van der Waals surface area contributed by atoms with E-state index in [1.165, 1.54) is 30.4 Å². The van der Waals surface area contributed by atoms with Gasteiger partial charge in [0, 0.05) is 0 Å². The molecule has 4 heteroatoms. The molecule has 1 aliphatic carbocycles. The van der Waals surface area contributed by atoms with Crippen molar-refractivity contribution in [1.29, 1.82) is 0 Å². The minimum atomic E-state index is -0.491. The van der Waals surface area contributed by atoms with E-state index in [4.69, 9.17) is 4.74 Å². The number of nitrogens with one attached hydrogen (secondary N) is 1. The summed E-state index contributed by atoms with van der Waals surface area (Å²) in [6.07, 6.45) is 7.82. The van der Waals surface area contributed by atoms with E-state index in [9.17, 15) is 4.79 Å². The van der Waals surface area contributed by atoms with Gasteiger partial charge in [0.05, 0.1) is 12.1 Å². The number of hydrogen-bond donors (Lipinski definition) is 1. The van der Waals surface area contributed by atoms with Crippen molar-refractivity contribution >= 4 is 12.2 Å². The zero-order valence-corrected chi connectivity index (χ0v) is 14.9. The number of benzene rings is 1. The summed E-state index contributed by atoms with van der Waals surface area (Å²) in [5.74, 6) is 0. The maximum atomic E-state index is 12.4. The van der Waals surface area contributed by atoms with Crippen LogP contribution in [0.1, 0.15) is 57.2 Å². The van der Waals surface area contributed by atoms with Gasteiger partial charge in [0.1, 0.15) is 5.60 Å². The summed E-state index contributed by atoms with van der Waals surface area (Å²) in [5, 5.41) is 3.12. The summed E-state index contributed by atoms with van der Waals surface area (Å²) in [5.41, 5.74) is 1.85. The van der Waals surface area contributed by atoms with E-state index in [0.29, 0.717) is 0 Å². The predicted molar refractivity (Wildman–Crippen MR) is 96.8 cm³/mol. The SMILES string of the molecule is CC(C)(C)OC(=O)N[C@@H]1c2ccccc2C=C[C@H]1N1CCCCC1. The van der Waals surface area contributed by atoms with Gasteiger partial charge in [0.15, 0.2) is 0 Å². The molecule has 0 bridgehead atoms. The first kappa shape index (κ1) is 17.0. The molecule has 0 spiro atoms. The fourth-order valence-corrected chi connectivity index (χ4v) is 3.59. The first-order valence-corrected chi connectivity index (χ1v) is 8.95. The Morgan fingerprint density at radius 3 is 2.58 bits per heavy atom. The van der Waals surface area contributed by atoms with Crippen LogP contribution in [0.4, 0.5) is 4.79 Å². The van der Waals surface area contributed by atoms with Crippen LogP contribution in [0.25, 0.3) is 6.08 Å². The van der Waals surface area contributed by atoms with Crippen molar-refractivity contribution in [3.05, 3.63) is 41.5 Å². The normalized spacial score (nSPS) is 24.3. The number of fused-ring (bicyclic) bond motifs is 1. The topological polar surface area (TPSA) is 41.6 Å². The molecule has 1 amide bonds. The van der Waals surface area contributed by atoms with Crippen molar-refractivity contribution in [2.75, 3.05) is 13.1 Å². The first-order valence-electron chi connectivity index (χ1n) is 8.95. The number of nitrogens with zero attached hydrogens (tertiary/aromatic N) is 1. The molecule has 1 saturated heterocycles. The van der Waals surface area contributed by atoms with E-state index < -0.39 is 5.60 Å². The fourth-order valence-electron chi connectivity index (χ4n) is 3.59. The van der Waals surface area contributed by atoms with Crippen molar-refractivity contribution in [1.82, 2.24) is 10.2 Å². The molecule has 3 rings (SSSR count). The molecule has 1 aromatic rings. The number of rotatable bonds is 2. The lowest BCUT2D eigenvalue weighted by atomic mass is 9.87. The number of alkyl carbamates (subject to hydrolysis) is 1. The van der Waals surface area contributed by atoms with Crippen LogP contribution in [-0.2, 0) is 4.74 Å². The average Bonchev–Trinajstić information content (AvgIpc) is 2.54. The molecular weight excluding hydrogens is 300 g/mol. The maximum Gasteiger partial charge on any atom is 0.408 e. The molecule has 0 unspecified atom stereocenters. The molecule has 1 N–H and O–H groups in total. The first-order chi connectivity index (χ1) is 11.4. The smallest absolute Gasteiger partial charge is 0.408 e. The Morgan fingerprint density at radius 2 is 1.88 bits per heavy atom. The summed E-state index contributed by atoms with van der Waals surface area (Å²) in [6.45, 7) is 7.85. The van der Waals surface area contributed by atoms with Crippen LogP contribution in [0.3, 0.4) is 0 Å². The standard InChI is InChI=1S/C20H28N2O2/c1-20(2,3)24-19(23)21-18-16-10-6-5-9-15(16)11-12-17(18)22-13-7-4-8-14-22/h5-6,9-12,17-18H,4,7-8,13-14H2,1-3H3,(H,21,23)/t17-,18-/m1/s1. The highest BCUT2D eigenvalue weighted by molar-refractivity contribution is 5.70. The monoisotopic (exact) mass is 328 g/mol. The minimum Gasteiger partial charge on any atom is -0.444 e. The summed E-state index contributed by atoms with van der Waals surface area (Å²) in [6, 6.07) is 8.40. The third-order valence-corrected chi connectivity index (χ3v) is 4.63. The van der Waals surface area contributed by atoms with Crippen LogP contribution >= 0.6 is 0 Å². The highest BCUT2D eigenvalue weighted by Crippen LogP contribution is 2.32. The summed E-state index contributed by atoms with van der Waals surface area (Å²) in [4.78, 5) is 14.9. The second-order valence-electron chi connectivity index (χ2n) is 7.70. The van der Waals surface area contributed by atoms with Crippen molar-refractivity contribution < 1.29 is 9.53 Å². The van der Waals surface area contributed by atoms with Crippen molar-refractivity contribution in [2.24, 2.45) is 0 Å². The van der Waals surface area contributed by atoms with Crippen LogP contribution in [0.5, 0.6) is 0 Å². The molecule has 130 valence electrons. The number of amides is 1. The lowest BCUT2D eigenvalue weighted by Crippen LogP contribution is -2.49. The number of piperidine rings is 1. The molecule has 1 aromatic carbocycles. The van der Waals surface area contributed by atoms with Crippen LogP contribution in [0.2, 0.25) is 0 Å². The predicted octanol–water partition coefficient (Wildman–Crippen LogP) is 4.13. The van der Waals surface area contributed by atoms with E-state index in [1.807, 2.05) is 32.9 Å². The molecule has 0 aromatic heterocycles. The van der Waals surface area contributed by atoms with Gasteiger partial charge in [-0.25, -0.2) is 4.79 Å². The van der Waals surface area contributed by atoms with Gasteiger partial charge in [0.25, 0.3) is 0 Å². The van der Waals surface area contributed by atoms with Gasteiger partial charge in [-0.2, -0.15) is 0 Å². The number of carbonyl (C=O) groups is 1. The fraction of sp³-hybridized carbons (Fsp3) is 0.550. The maximum absolute atomic E-state index is 12.4. The number of carbonyl (C=O) groups excluding carboxylic acids is 1. The van der Waals surface area contributed by atoms with Crippen LogP contribution < -0.4 is 5.32 Å². The summed E-state index contributed by atoms with van der Waals surface area (Å²) >= 11 is 0. The van der Waals surface area contributed by atoms with E-state index in [0.717, 1.165) is 13.1 Å². The highest BCUT2D eigenvalue weighted by atomic mass is 16.6. The Hall–Kier alpha value is -1.81. The molecule has 4 nitrogen and oxygen atoms in total. The van der Waals surface area contributed by atoms with Gasteiger partial charge >= 0.3 is 6.09 Å². The second kappa shape index (κ2) is 6.98. The average molecular weight is 328 g/mol. The molecule has 0 saturated carbocycles. The van der Waals surface area contributed by atoms with E-state index in [1.54, 1.807) is 0 Å². The van der Waals surface area contributed by atoms with Gasteiger partial charge in [0.2, 0.25) is 0 Å². The second-order valence-corrected chi connectivity index (χ2v) is 7.70. The highest BCUT2D eigenvalue weighted by Gasteiger charge is 2.33. The van der Waals surface area contributed by atoms with E-state index in [2.05, 4.69) is 34.5 Å². The Morgan fingerprint density at radius 1 is 1.17 bits per heavy atom. The Bertz CT molecular complexity index is 612. The third-order valence-electron chi connectivity index (χ3n) is 4.63. The Labute approximate surface area is 144 Å². The van der Waals surface area contributed by atoms with Crippen LogP contribution in [0.15, 0.2) is 30.3 Å². The van der Waals surface area contributed by atoms with Gasteiger partial charge in [-0.3, -0.25) is 4.90 Å². The molecular formula is C20H28N2O2. The molecule has 1 fully saturated rings. The Kier molecular flexibility index (Phi) is 4.95. The van der Waals surface area contributed by atoms with Crippen molar-refractivity contribution in [2.45, 2.75) is 57.7 Å². The van der Waals surface area contributed by atoms with E-state index in [-0.39, 0.29) is 18.2 Å². The van der Waals surface area contributed by atoms with Gasteiger partial charge < -0.3 is 10.1 Å². The van der Waals surface area contributed by atoms with Crippen molar-refractivity contribution in [3.8, 4) is 0 Å². The largest absolute Gasteiger partial charge is 0.444 e. The zero-order valence-electron chi connectivity index (χ0n) is 14.9. The van der Waals surface area contributed by atoms with Crippen molar-refractivity contribution in [3.63, 3.8) is 0 Å². The van der Waals surface area contributed by atoms with Gasteiger partial charge in [-0.05, 0) is 57.8 Å². The zero-order chi connectivity index (χ0) is 17.2. The lowest BCUT2D eigenvalue weighted by molar-refractivity contribution is 0.0466. The number of ether oxygens (including phenoxy) is 1. The molecule has 24 heavy (non-hydrogen) atoms. The quantitative estimate of drug-likeness (QED) is 0.887. The summed E-state index contributed by atoms with van der Waals surface area (Å²) in [7, 11) is 0. The number of likely N-dealkylation sites (tertiary alicyclic amines) is 1. The minimum absolute atomic E-state index is 0.0702. The molecule has 2 aliphatic rings. The molecule has 2 atom stereocenters. The van der Waals surface area contributed by atoms with Gasteiger partial charge in [-0.1, -0.05) is 42.8 Å². The van der Waals surface area contributed by atoms with Crippen LogP contribution in [-0.4, -0.2) is 35.7 Å². The van der Waals surface area contributed by atoms with Gasteiger partial charge in [-0.15, -0.1) is 0 Å². The molecule has 1 heterocycles. The van der Waals surface area contributed by atoms with Crippen LogP contribution in [0, 0.1) is 0 Å². The number of hydrogen-bond acceptors (Lipinski definition) is 3.